The van der Waals surface area contributed by atoms with Crippen LogP contribution in [-0.2, 0) is 20.9 Å². The molecule has 0 saturated carbocycles. The van der Waals surface area contributed by atoms with Crippen molar-refractivity contribution >= 4 is 41.0 Å². The highest BCUT2D eigenvalue weighted by molar-refractivity contribution is 6.42. The second-order valence-corrected chi connectivity index (χ2v) is 9.74. The van der Waals surface area contributed by atoms with E-state index in [9.17, 15) is 14.4 Å². The fraction of sp³-hybridized carbons (Fsp3) is 0.370. The zero-order valence-electron chi connectivity index (χ0n) is 20.4. The highest BCUT2D eigenvalue weighted by Gasteiger charge is 2.37. The van der Waals surface area contributed by atoms with Crippen LogP contribution in [0, 0.1) is 5.92 Å². The maximum atomic E-state index is 13.2. The zero-order chi connectivity index (χ0) is 25.7. The number of hydrogen-bond donors (Lipinski definition) is 1. The molecule has 6 nitrogen and oxygen atoms in total. The van der Waals surface area contributed by atoms with E-state index in [4.69, 9.17) is 27.9 Å². The third-order valence-electron chi connectivity index (χ3n) is 5.89. The van der Waals surface area contributed by atoms with Crippen LogP contribution < -0.4 is 5.32 Å². The van der Waals surface area contributed by atoms with Crippen molar-refractivity contribution < 1.29 is 19.1 Å². The molecule has 0 aromatic heterocycles. The Hall–Kier alpha value is -2.83. The van der Waals surface area contributed by atoms with Crippen molar-refractivity contribution in [1.29, 1.82) is 0 Å². The van der Waals surface area contributed by atoms with Crippen molar-refractivity contribution in [2.75, 3.05) is 13.2 Å². The van der Waals surface area contributed by atoms with Crippen molar-refractivity contribution in [2.45, 2.75) is 46.6 Å². The summed E-state index contributed by atoms with van der Waals surface area (Å²) in [6.07, 6.45) is 0.0964. The van der Waals surface area contributed by atoms with Gasteiger partial charge in [0.05, 0.1) is 28.8 Å². The summed E-state index contributed by atoms with van der Waals surface area (Å²) in [7, 11) is 0. The first-order valence-corrected chi connectivity index (χ1v) is 12.4. The average molecular weight is 517 g/mol. The molecule has 0 bridgehead atoms. The summed E-state index contributed by atoms with van der Waals surface area (Å²) in [5, 5.41) is 3.65. The standard InChI is InChI=1S/C27H30Cl2N2O4/c1-5-35-27(34)25-17(4)31(24(32)13-21(25)20-10-11-22(28)23(29)12-20)15-18-6-8-19(9-7-18)26(33)30-14-16(2)3/h6-12,16,21H,5,13-15H2,1-4H3,(H,30,33). The van der Waals surface area contributed by atoms with Gasteiger partial charge in [-0.2, -0.15) is 0 Å². The summed E-state index contributed by atoms with van der Waals surface area (Å²) in [6, 6.07) is 12.2. The van der Waals surface area contributed by atoms with Gasteiger partial charge in [-0.3, -0.25) is 9.59 Å². The highest BCUT2D eigenvalue weighted by atomic mass is 35.5. The van der Waals surface area contributed by atoms with Gasteiger partial charge in [0, 0.05) is 30.1 Å². The first kappa shape index (κ1) is 26.8. The van der Waals surface area contributed by atoms with E-state index in [2.05, 4.69) is 5.32 Å². The quantitative estimate of drug-likeness (QED) is 0.454. The van der Waals surface area contributed by atoms with Gasteiger partial charge in [-0.1, -0.05) is 55.2 Å². The Labute approximate surface area is 216 Å². The van der Waals surface area contributed by atoms with E-state index in [0.29, 0.717) is 39.3 Å². The number of benzene rings is 2. The molecule has 1 aliphatic rings. The summed E-state index contributed by atoms with van der Waals surface area (Å²) in [4.78, 5) is 40.1. The Morgan fingerprint density at radius 3 is 2.40 bits per heavy atom. The smallest absolute Gasteiger partial charge is 0.336 e. The van der Waals surface area contributed by atoms with Gasteiger partial charge >= 0.3 is 5.97 Å². The van der Waals surface area contributed by atoms with E-state index < -0.39 is 11.9 Å². The van der Waals surface area contributed by atoms with Gasteiger partial charge in [0.1, 0.15) is 0 Å². The molecule has 0 aliphatic carbocycles. The number of carbonyl (C=O) groups excluding carboxylic acids is 3. The molecule has 2 aromatic carbocycles. The molecular weight excluding hydrogens is 487 g/mol. The van der Waals surface area contributed by atoms with Crippen molar-refractivity contribution in [3.63, 3.8) is 0 Å². The SMILES string of the molecule is CCOC(=O)C1=C(C)N(Cc2ccc(C(=O)NCC(C)C)cc2)C(=O)CC1c1ccc(Cl)c(Cl)c1. The normalized spacial score (nSPS) is 16.0. The molecule has 0 fully saturated rings. The van der Waals surface area contributed by atoms with Gasteiger partial charge in [-0.25, -0.2) is 4.79 Å². The van der Waals surface area contributed by atoms with E-state index in [1.165, 1.54) is 0 Å². The lowest BCUT2D eigenvalue weighted by atomic mass is 9.83. The fourth-order valence-corrected chi connectivity index (χ4v) is 4.34. The molecule has 2 aromatic rings. The first-order valence-electron chi connectivity index (χ1n) is 11.6. The Balaban J connectivity index is 1.89. The Kier molecular flexibility index (Phi) is 8.98. The van der Waals surface area contributed by atoms with Crippen LogP contribution >= 0.6 is 23.2 Å². The molecule has 0 spiro atoms. The molecule has 0 saturated heterocycles. The molecule has 1 heterocycles. The molecule has 1 atom stereocenters. The largest absolute Gasteiger partial charge is 0.463 e. The van der Waals surface area contributed by atoms with Crippen LogP contribution in [0.4, 0.5) is 0 Å². The number of ether oxygens (including phenoxy) is 1. The average Bonchev–Trinajstić information content (AvgIpc) is 2.82. The first-order chi connectivity index (χ1) is 16.6. The van der Waals surface area contributed by atoms with Crippen molar-refractivity contribution in [2.24, 2.45) is 5.92 Å². The number of nitrogens with zero attached hydrogens (tertiary/aromatic N) is 1. The zero-order valence-corrected chi connectivity index (χ0v) is 21.9. The monoisotopic (exact) mass is 516 g/mol. The molecule has 1 aliphatic heterocycles. The number of allylic oxidation sites excluding steroid dienone is 1. The lowest BCUT2D eigenvalue weighted by Gasteiger charge is -2.34. The lowest BCUT2D eigenvalue weighted by Crippen LogP contribution is -2.38. The minimum absolute atomic E-state index is 0.0964. The Bertz CT molecular complexity index is 1140. The van der Waals surface area contributed by atoms with Gasteiger partial charge < -0.3 is 15.0 Å². The maximum Gasteiger partial charge on any atom is 0.336 e. The van der Waals surface area contributed by atoms with E-state index in [-0.39, 0.29) is 31.4 Å². The van der Waals surface area contributed by atoms with Crippen molar-refractivity contribution in [3.8, 4) is 0 Å². The second kappa shape index (κ2) is 11.7. The van der Waals surface area contributed by atoms with Gasteiger partial charge in [0.15, 0.2) is 0 Å². The number of nitrogens with one attached hydrogen (secondary N) is 1. The molecule has 1 N–H and O–H groups in total. The van der Waals surface area contributed by atoms with Crippen molar-refractivity contribution in [3.05, 3.63) is 80.5 Å². The Morgan fingerprint density at radius 1 is 1.11 bits per heavy atom. The van der Waals surface area contributed by atoms with Gasteiger partial charge in [0.2, 0.25) is 5.91 Å². The molecular formula is C27H30Cl2N2O4. The van der Waals surface area contributed by atoms with Gasteiger partial charge in [-0.15, -0.1) is 0 Å². The molecule has 2 amide bonds. The predicted octanol–water partition coefficient (Wildman–Crippen LogP) is 5.73. The number of amides is 2. The van der Waals surface area contributed by atoms with Crippen LogP contribution in [-0.4, -0.2) is 35.8 Å². The summed E-state index contributed by atoms with van der Waals surface area (Å²) >= 11 is 12.3. The summed E-state index contributed by atoms with van der Waals surface area (Å²) in [6.45, 7) is 8.65. The summed E-state index contributed by atoms with van der Waals surface area (Å²) < 4.78 is 5.33. The van der Waals surface area contributed by atoms with Crippen LogP contribution in [0.2, 0.25) is 10.0 Å². The van der Waals surface area contributed by atoms with E-state index in [1.807, 2.05) is 26.0 Å². The summed E-state index contributed by atoms with van der Waals surface area (Å²) in [5.41, 5.74) is 3.09. The van der Waals surface area contributed by atoms with Crippen LogP contribution in [0.15, 0.2) is 53.7 Å². The Morgan fingerprint density at radius 2 is 1.80 bits per heavy atom. The molecule has 186 valence electrons. The van der Waals surface area contributed by atoms with E-state index in [0.717, 1.165) is 11.1 Å². The van der Waals surface area contributed by atoms with Crippen LogP contribution in [0.5, 0.6) is 0 Å². The number of carbonyl (C=O) groups is 3. The maximum absolute atomic E-state index is 13.2. The van der Waals surface area contributed by atoms with E-state index in [1.54, 1.807) is 49.1 Å². The number of esters is 1. The van der Waals surface area contributed by atoms with Crippen molar-refractivity contribution in [1.82, 2.24) is 10.2 Å². The predicted molar refractivity (Wildman–Crippen MR) is 137 cm³/mol. The topological polar surface area (TPSA) is 75.7 Å². The highest BCUT2D eigenvalue weighted by Crippen LogP contribution is 2.39. The fourth-order valence-electron chi connectivity index (χ4n) is 4.03. The number of halogens is 2. The molecule has 8 heteroatoms. The molecule has 3 rings (SSSR count). The molecule has 35 heavy (non-hydrogen) atoms. The van der Waals surface area contributed by atoms with E-state index >= 15 is 0 Å². The molecule has 0 radical (unpaired) electrons. The third kappa shape index (κ3) is 6.44. The third-order valence-corrected chi connectivity index (χ3v) is 6.63. The van der Waals surface area contributed by atoms with Gasteiger partial charge in [0.25, 0.3) is 5.91 Å². The summed E-state index contributed by atoms with van der Waals surface area (Å²) in [5.74, 6) is -0.843. The van der Waals surface area contributed by atoms with Crippen LogP contribution in [0.25, 0.3) is 0 Å². The number of hydrogen-bond acceptors (Lipinski definition) is 4. The minimum atomic E-state index is -0.486. The molecule has 1 unspecified atom stereocenters. The van der Waals surface area contributed by atoms with Crippen LogP contribution in [0.3, 0.4) is 0 Å². The number of rotatable bonds is 8. The van der Waals surface area contributed by atoms with Gasteiger partial charge in [-0.05, 0) is 55.2 Å². The lowest BCUT2D eigenvalue weighted by molar-refractivity contribution is -0.140. The second-order valence-electron chi connectivity index (χ2n) is 8.93. The minimum Gasteiger partial charge on any atom is -0.463 e. The van der Waals surface area contributed by atoms with Crippen LogP contribution in [0.1, 0.15) is 61.5 Å².